The van der Waals surface area contributed by atoms with Crippen molar-refractivity contribution in [1.82, 2.24) is 14.4 Å². The fraction of sp³-hybridized carbons (Fsp3) is 0. The minimum absolute atomic E-state index is 0.882. The first-order chi connectivity index (χ1) is 25.7. The number of hydrogen-bond acceptors (Lipinski definition) is 3. The monoisotopic (exact) mass is 661 g/mol. The normalized spacial score (nSPS) is 12.2. The van der Waals surface area contributed by atoms with Crippen molar-refractivity contribution in [2.45, 2.75) is 0 Å². The van der Waals surface area contributed by atoms with Gasteiger partial charge in [0.05, 0.1) is 22.1 Å². The van der Waals surface area contributed by atoms with E-state index >= 15 is 0 Å². The average Bonchev–Trinajstić information content (AvgIpc) is 3.86. The molecule has 0 amide bonds. The highest BCUT2D eigenvalue weighted by atomic mass is 16.3. The van der Waals surface area contributed by atoms with Crippen molar-refractivity contribution in [3.8, 4) is 33.4 Å². The highest BCUT2D eigenvalue weighted by Crippen LogP contribution is 2.44. The molecule has 4 nitrogen and oxygen atoms in total. The first-order valence-corrected chi connectivity index (χ1v) is 17.7. The minimum Gasteiger partial charge on any atom is -0.456 e. The summed E-state index contributed by atoms with van der Waals surface area (Å²) in [5, 5.41) is 8.28. The molecule has 0 N–H and O–H groups in total. The summed E-state index contributed by atoms with van der Waals surface area (Å²) in [5.74, 6) is 0. The number of furan rings is 1. The smallest absolute Gasteiger partial charge is 0.165 e. The summed E-state index contributed by atoms with van der Waals surface area (Å²) < 4.78 is 8.47. The lowest BCUT2D eigenvalue weighted by Crippen LogP contribution is -1.90. The van der Waals surface area contributed by atoms with Crippen LogP contribution in [0.5, 0.6) is 0 Å². The van der Waals surface area contributed by atoms with Crippen LogP contribution in [0, 0.1) is 0 Å². The van der Waals surface area contributed by atoms with E-state index in [1.165, 1.54) is 43.8 Å². The highest BCUT2D eigenvalue weighted by molar-refractivity contribution is 6.31. The number of benzene rings is 8. The van der Waals surface area contributed by atoms with Gasteiger partial charge >= 0.3 is 0 Å². The van der Waals surface area contributed by atoms with Crippen LogP contribution in [-0.2, 0) is 0 Å². The number of rotatable bonds is 3. The molecule has 0 saturated carbocycles. The molecular formula is C48H27N3O. The van der Waals surface area contributed by atoms with Crippen LogP contribution in [0.25, 0.3) is 115 Å². The van der Waals surface area contributed by atoms with E-state index in [0.717, 1.165) is 71.7 Å². The predicted molar refractivity (Wildman–Crippen MR) is 215 cm³/mol. The molecule has 0 spiro atoms. The lowest BCUT2D eigenvalue weighted by atomic mass is 9.98. The van der Waals surface area contributed by atoms with Gasteiger partial charge in [-0.2, -0.15) is 0 Å². The topological polar surface area (TPSA) is 43.3 Å². The van der Waals surface area contributed by atoms with Gasteiger partial charge in [-0.3, -0.25) is 4.40 Å². The average molecular weight is 662 g/mol. The van der Waals surface area contributed by atoms with E-state index in [1.54, 1.807) is 0 Å². The molecule has 0 unspecified atom stereocenters. The van der Waals surface area contributed by atoms with Gasteiger partial charge in [-0.15, -0.1) is 0 Å². The minimum atomic E-state index is 0.882. The van der Waals surface area contributed by atoms with E-state index in [2.05, 4.69) is 156 Å². The third kappa shape index (κ3) is 3.86. The van der Waals surface area contributed by atoms with Crippen LogP contribution in [0.15, 0.2) is 168 Å². The summed E-state index contributed by atoms with van der Waals surface area (Å²) >= 11 is 0. The number of fused-ring (bicyclic) bond motifs is 12. The van der Waals surface area contributed by atoms with Gasteiger partial charge < -0.3 is 4.42 Å². The predicted octanol–water partition coefficient (Wildman–Crippen LogP) is 12.8. The molecule has 0 atom stereocenters. The molecule has 52 heavy (non-hydrogen) atoms. The molecule has 240 valence electrons. The van der Waals surface area contributed by atoms with E-state index in [9.17, 15) is 0 Å². The third-order valence-electron chi connectivity index (χ3n) is 10.9. The summed E-state index contributed by atoms with van der Waals surface area (Å²) in [7, 11) is 0. The van der Waals surface area contributed by atoms with Gasteiger partial charge in [0.1, 0.15) is 16.7 Å². The van der Waals surface area contributed by atoms with Crippen LogP contribution in [0.1, 0.15) is 0 Å². The molecule has 0 aliphatic carbocycles. The SMILES string of the molecule is c1ccc(-c2ccc(-c3ccc4nc5c(nc4c3)c3cc4ccccc4c4c6cc(-c7ccc8oc9ccccc9c8c7)ccc6n5c34)cc2)cc1. The summed E-state index contributed by atoms with van der Waals surface area (Å²) in [6.07, 6.45) is 0. The maximum atomic E-state index is 6.14. The zero-order valence-electron chi connectivity index (χ0n) is 27.8. The maximum absolute atomic E-state index is 6.14. The molecule has 12 rings (SSSR count). The summed E-state index contributed by atoms with van der Waals surface area (Å²) in [4.78, 5) is 10.7. The van der Waals surface area contributed by atoms with Crippen LogP contribution in [-0.4, -0.2) is 14.4 Å². The van der Waals surface area contributed by atoms with E-state index in [4.69, 9.17) is 14.4 Å². The number of nitrogens with zero attached hydrogens (tertiary/aromatic N) is 3. The van der Waals surface area contributed by atoms with Crippen LogP contribution in [0.4, 0.5) is 0 Å². The highest BCUT2D eigenvalue weighted by Gasteiger charge is 2.23. The molecule has 4 heterocycles. The Morgan fingerprint density at radius 1 is 0.404 bits per heavy atom. The second-order valence-electron chi connectivity index (χ2n) is 13.8. The Labute approximate surface area is 297 Å². The van der Waals surface area contributed by atoms with Gasteiger partial charge in [0.15, 0.2) is 5.65 Å². The van der Waals surface area contributed by atoms with Gasteiger partial charge in [0.2, 0.25) is 0 Å². The quantitative estimate of drug-likeness (QED) is 0.189. The molecule has 0 saturated heterocycles. The fourth-order valence-corrected chi connectivity index (χ4v) is 8.43. The summed E-state index contributed by atoms with van der Waals surface area (Å²) in [5.41, 5.74) is 14.7. The van der Waals surface area contributed by atoms with Gasteiger partial charge in [0, 0.05) is 26.9 Å². The first-order valence-electron chi connectivity index (χ1n) is 17.7. The standard InChI is InChI=1S/C48H27N3O/c1-2-8-28(9-3-1)29-14-16-30(17-15-29)33-18-21-40-41(27-33)49-46-39-26-34-10-4-5-11-35(34)45-38-25-31(19-22-42(38)51(47(39)45)48(46)50-40)32-20-23-44-37(24-32)36-12-6-7-13-43(36)52-44/h1-27H. The van der Waals surface area contributed by atoms with Crippen molar-refractivity contribution in [3.05, 3.63) is 164 Å². The molecule has 4 heteroatoms. The Morgan fingerprint density at radius 3 is 1.90 bits per heavy atom. The molecule has 0 fully saturated rings. The van der Waals surface area contributed by atoms with Gasteiger partial charge in [-0.25, -0.2) is 9.97 Å². The lowest BCUT2D eigenvalue weighted by Gasteiger charge is -2.07. The van der Waals surface area contributed by atoms with Crippen molar-refractivity contribution in [1.29, 1.82) is 0 Å². The Bertz CT molecular complexity index is 3390. The van der Waals surface area contributed by atoms with Crippen molar-refractivity contribution in [3.63, 3.8) is 0 Å². The van der Waals surface area contributed by atoms with Crippen molar-refractivity contribution < 1.29 is 4.42 Å². The molecule has 0 aliphatic heterocycles. The second-order valence-corrected chi connectivity index (χ2v) is 13.8. The van der Waals surface area contributed by atoms with Crippen LogP contribution in [0.2, 0.25) is 0 Å². The molecule has 0 bridgehead atoms. The van der Waals surface area contributed by atoms with E-state index in [0.29, 0.717) is 0 Å². The van der Waals surface area contributed by atoms with Crippen LogP contribution < -0.4 is 0 Å². The zero-order valence-corrected chi connectivity index (χ0v) is 27.8. The number of para-hydroxylation sites is 1. The van der Waals surface area contributed by atoms with Gasteiger partial charge in [-0.1, -0.05) is 115 Å². The molecular weight excluding hydrogens is 635 g/mol. The molecule has 0 radical (unpaired) electrons. The fourth-order valence-electron chi connectivity index (χ4n) is 8.43. The van der Waals surface area contributed by atoms with Gasteiger partial charge in [-0.05, 0) is 92.7 Å². The molecule has 12 aromatic rings. The molecule has 0 aliphatic rings. The largest absolute Gasteiger partial charge is 0.456 e. The first kappa shape index (κ1) is 27.7. The maximum Gasteiger partial charge on any atom is 0.165 e. The van der Waals surface area contributed by atoms with E-state index in [1.807, 2.05) is 12.1 Å². The van der Waals surface area contributed by atoms with Crippen molar-refractivity contribution in [2.24, 2.45) is 0 Å². The number of hydrogen-bond donors (Lipinski definition) is 0. The Kier molecular flexibility index (Phi) is 5.47. The molecule has 4 aromatic heterocycles. The second kappa shape index (κ2) is 10.3. The third-order valence-corrected chi connectivity index (χ3v) is 10.9. The van der Waals surface area contributed by atoms with Crippen LogP contribution >= 0.6 is 0 Å². The Balaban J connectivity index is 1.06. The Morgan fingerprint density at radius 2 is 1.04 bits per heavy atom. The zero-order chi connectivity index (χ0) is 33.9. The van der Waals surface area contributed by atoms with Crippen molar-refractivity contribution >= 4 is 82.1 Å². The van der Waals surface area contributed by atoms with Crippen molar-refractivity contribution in [2.75, 3.05) is 0 Å². The van der Waals surface area contributed by atoms with Gasteiger partial charge in [0.25, 0.3) is 0 Å². The van der Waals surface area contributed by atoms with Crippen LogP contribution in [0.3, 0.4) is 0 Å². The summed E-state index contributed by atoms with van der Waals surface area (Å²) in [6, 6.07) is 58.3. The Hall–Kier alpha value is -7.04. The number of aromatic nitrogens is 3. The lowest BCUT2D eigenvalue weighted by molar-refractivity contribution is 0.669. The summed E-state index contributed by atoms with van der Waals surface area (Å²) in [6.45, 7) is 0. The molecule has 8 aromatic carbocycles. The van der Waals surface area contributed by atoms with E-state index < -0.39 is 0 Å². The van der Waals surface area contributed by atoms with E-state index in [-0.39, 0.29) is 0 Å².